The molecule has 0 bridgehead atoms. The van der Waals surface area contributed by atoms with Gasteiger partial charge in [-0.15, -0.1) is 23.1 Å². The molecule has 0 aliphatic rings. The Kier molecular flexibility index (Phi) is 6.49. The zero-order valence-corrected chi connectivity index (χ0v) is 17.6. The van der Waals surface area contributed by atoms with E-state index in [1.807, 2.05) is 31.2 Å². The number of hydrogen-bond donors (Lipinski definition) is 1. The van der Waals surface area contributed by atoms with Gasteiger partial charge in [-0.25, -0.2) is 4.98 Å². The average Bonchev–Trinajstić information content (AvgIpc) is 3.12. The highest BCUT2D eigenvalue weighted by atomic mass is 32.2. The Labute approximate surface area is 172 Å². The SMILES string of the molecule is CC(=O)N(C)c1ccc(NC(=O)c2ccc(SCc3csc(C)n3)cc2)cc1. The van der Waals surface area contributed by atoms with Gasteiger partial charge in [-0.3, -0.25) is 9.59 Å². The highest BCUT2D eigenvalue weighted by molar-refractivity contribution is 7.98. The van der Waals surface area contributed by atoms with Crippen molar-refractivity contribution in [1.29, 1.82) is 0 Å². The van der Waals surface area contributed by atoms with Crippen LogP contribution in [-0.4, -0.2) is 23.8 Å². The topological polar surface area (TPSA) is 62.3 Å². The van der Waals surface area contributed by atoms with E-state index in [1.54, 1.807) is 59.3 Å². The van der Waals surface area contributed by atoms with Crippen LogP contribution in [0.25, 0.3) is 0 Å². The van der Waals surface area contributed by atoms with E-state index < -0.39 is 0 Å². The van der Waals surface area contributed by atoms with Crippen LogP contribution in [0.5, 0.6) is 0 Å². The van der Waals surface area contributed by atoms with Crippen molar-refractivity contribution in [3.8, 4) is 0 Å². The van der Waals surface area contributed by atoms with Crippen LogP contribution in [0.15, 0.2) is 58.8 Å². The standard InChI is InChI=1S/C21H21N3O2S2/c1-14-22-18(12-27-14)13-28-20-10-4-16(5-11-20)21(26)23-17-6-8-19(9-7-17)24(3)15(2)25/h4-12H,13H2,1-3H3,(H,23,26). The minimum atomic E-state index is -0.167. The van der Waals surface area contributed by atoms with Crippen LogP contribution in [0.4, 0.5) is 11.4 Å². The van der Waals surface area contributed by atoms with Gasteiger partial charge in [0.05, 0.1) is 10.7 Å². The molecule has 0 saturated heterocycles. The fraction of sp³-hybridized carbons (Fsp3) is 0.190. The summed E-state index contributed by atoms with van der Waals surface area (Å²) in [6.07, 6.45) is 0. The van der Waals surface area contributed by atoms with Gasteiger partial charge in [0.2, 0.25) is 5.91 Å². The lowest BCUT2D eigenvalue weighted by Gasteiger charge is -2.15. The number of nitrogens with one attached hydrogen (secondary N) is 1. The van der Waals surface area contributed by atoms with E-state index in [0.717, 1.165) is 27.0 Å². The molecule has 5 nitrogen and oxygen atoms in total. The number of nitrogens with zero attached hydrogens (tertiary/aromatic N) is 2. The number of carbonyl (C=O) groups excluding carboxylic acids is 2. The third-order valence-corrected chi connectivity index (χ3v) is 6.02. The molecule has 3 aromatic rings. The minimum Gasteiger partial charge on any atom is -0.322 e. The molecule has 1 heterocycles. The van der Waals surface area contributed by atoms with E-state index in [2.05, 4.69) is 15.7 Å². The molecule has 2 aromatic carbocycles. The van der Waals surface area contributed by atoms with Gasteiger partial charge in [0.25, 0.3) is 5.91 Å². The molecule has 144 valence electrons. The molecule has 0 atom stereocenters. The van der Waals surface area contributed by atoms with Crippen molar-refractivity contribution in [2.45, 2.75) is 24.5 Å². The Morgan fingerprint density at radius 3 is 2.36 bits per heavy atom. The van der Waals surface area contributed by atoms with Crippen LogP contribution >= 0.6 is 23.1 Å². The normalized spacial score (nSPS) is 10.5. The minimum absolute atomic E-state index is 0.0420. The number of amides is 2. The number of aromatic nitrogens is 1. The first-order chi connectivity index (χ1) is 13.4. The second-order valence-electron chi connectivity index (χ2n) is 6.25. The van der Waals surface area contributed by atoms with E-state index in [1.165, 1.54) is 6.92 Å². The molecule has 0 aliphatic carbocycles. The van der Waals surface area contributed by atoms with E-state index in [9.17, 15) is 9.59 Å². The van der Waals surface area contributed by atoms with Gasteiger partial charge in [0.1, 0.15) is 0 Å². The molecule has 28 heavy (non-hydrogen) atoms. The van der Waals surface area contributed by atoms with Crippen molar-refractivity contribution in [3.63, 3.8) is 0 Å². The summed E-state index contributed by atoms with van der Waals surface area (Å²) in [5, 5.41) is 6.02. The maximum absolute atomic E-state index is 12.4. The number of benzene rings is 2. The number of aryl methyl sites for hydroxylation is 1. The summed E-state index contributed by atoms with van der Waals surface area (Å²) in [5.41, 5.74) is 3.14. The Morgan fingerprint density at radius 1 is 1.11 bits per heavy atom. The molecular formula is C21H21N3O2S2. The molecule has 1 aromatic heterocycles. The Balaban J connectivity index is 1.57. The molecule has 0 saturated carbocycles. The number of anilines is 2. The van der Waals surface area contributed by atoms with Crippen molar-refractivity contribution in [2.24, 2.45) is 0 Å². The zero-order valence-electron chi connectivity index (χ0n) is 15.9. The van der Waals surface area contributed by atoms with Crippen LogP contribution < -0.4 is 10.2 Å². The maximum Gasteiger partial charge on any atom is 0.255 e. The summed E-state index contributed by atoms with van der Waals surface area (Å²) in [5.74, 6) is 0.607. The van der Waals surface area contributed by atoms with Gasteiger partial charge in [-0.05, 0) is 55.5 Å². The van der Waals surface area contributed by atoms with Gasteiger partial charge in [-0.2, -0.15) is 0 Å². The number of hydrogen-bond acceptors (Lipinski definition) is 5. The van der Waals surface area contributed by atoms with Gasteiger partial charge < -0.3 is 10.2 Å². The predicted molar refractivity (Wildman–Crippen MR) is 116 cm³/mol. The van der Waals surface area contributed by atoms with E-state index in [4.69, 9.17) is 0 Å². The van der Waals surface area contributed by atoms with Gasteiger partial charge in [-0.1, -0.05) is 0 Å². The molecule has 0 aliphatic heterocycles. The summed E-state index contributed by atoms with van der Waals surface area (Å²) in [4.78, 5) is 30.9. The highest BCUT2D eigenvalue weighted by Gasteiger charge is 2.09. The number of thiazole rings is 1. The third-order valence-electron chi connectivity index (χ3n) is 4.15. The van der Waals surface area contributed by atoms with Gasteiger partial charge in [0, 0.05) is 46.9 Å². The lowest BCUT2D eigenvalue weighted by molar-refractivity contribution is -0.116. The Hall–Kier alpha value is -2.64. The number of carbonyl (C=O) groups is 2. The first kappa shape index (κ1) is 20.1. The highest BCUT2D eigenvalue weighted by Crippen LogP contribution is 2.24. The molecule has 7 heteroatoms. The van der Waals surface area contributed by atoms with Gasteiger partial charge >= 0.3 is 0 Å². The largest absolute Gasteiger partial charge is 0.322 e. The molecule has 0 radical (unpaired) electrons. The fourth-order valence-corrected chi connectivity index (χ4v) is 4.00. The lowest BCUT2D eigenvalue weighted by Crippen LogP contribution is -2.22. The van der Waals surface area contributed by atoms with E-state index in [0.29, 0.717) is 11.3 Å². The van der Waals surface area contributed by atoms with E-state index in [-0.39, 0.29) is 11.8 Å². The molecule has 1 N–H and O–H groups in total. The van der Waals surface area contributed by atoms with Crippen LogP contribution in [0.2, 0.25) is 0 Å². The van der Waals surface area contributed by atoms with Crippen molar-refractivity contribution < 1.29 is 9.59 Å². The van der Waals surface area contributed by atoms with Crippen molar-refractivity contribution in [2.75, 3.05) is 17.3 Å². The van der Waals surface area contributed by atoms with Crippen LogP contribution in [0, 0.1) is 6.92 Å². The summed E-state index contributed by atoms with van der Waals surface area (Å²) >= 11 is 3.35. The molecule has 0 unspecified atom stereocenters. The number of rotatable bonds is 6. The van der Waals surface area contributed by atoms with Crippen LogP contribution in [0.3, 0.4) is 0 Å². The molecule has 2 amide bonds. The Morgan fingerprint density at radius 2 is 1.79 bits per heavy atom. The fourth-order valence-electron chi connectivity index (χ4n) is 2.49. The van der Waals surface area contributed by atoms with Crippen molar-refractivity contribution in [1.82, 2.24) is 4.98 Å². The van der Waals surface area contributed by atoms with Crippen LogP contribution in [-0.2, 0) is 10.5 Å². The summed E-state index contributed by atoms with van der Waals surface area (Å²) in [6.45, 7) is 3.51. The van der Waals surface area contributed by atoms with Crippen molar-refractivity contribution in [3.05, 3.63) is 70.2 Å². The average molecular weight is 412 g/mol. The first-order valence-corrected chi connectivity index (χ1v) is 10.6. The quantitative estimate of drug-likeness (QED) is 0.581. The third kappa shape index (κ3) is 5.21. The molecule has 0 spiro atoms. The van der Waals surface area contributed by atoms with E-state index >= 15 is 0 Å². The summed E-state index contributed by atoms with van der Waals surface area (Å²) < 4.78 is 0. The predicted octanol–water partition coefficient (Wildman–Crippen LogP) is 4.98. The van der Waals surface area contributed by atoms with Crippen molar-refractivity contribution >= 4 is 46.3 Å². The molecule has 0 fully saturated rings. The summed E-state index contributed by atoms with van der Waals surface area (Å²) in [6, 6.07) is 14.7. The van der Waals surface area contributed by atoms with Crippen LogP contribution in [0.1, 0.15) is 28.0 Å². The Bertz CT molecular complexity index is 966. The monoisotopic (exact) mass is 411 g/mol. The second-order valence-corrected chi connectivity index (χ2v) is 8.36. The number of thioether (sulfide) groups is 1. The molecular weight excluding hydrogens is 390 g/mol. The summed E-state index contributed by atoms with van der Waals surface area (Å²) in [7, 11) is 1.71. The molecule has 3 rings (SSSR count). The lowest BCUT2D eigenvalue weighted by atomic mass is 10.2. The second kappa shape index (κ2) is 9.03. The smallest absolute Gasteiger partial charge is 0.255 e. The maximum atomic E-state index is 12.4. The first-order valence-electron chi connectivity index (χ1n) is 8.72. The van der Waals surface area contributed by atoms with Gasteiger partial charge in [0.15, 0.2) is 0 Å². The zero-order chi connectivity index (χ0) is 20.1.